The molecule has 1 unspecified atom stereocenters. The molecule has 1 heterocycles. The van der Waals surface area contributed by atoms with Gasteiger partial charge in [0.2, 0.25) is 5.95 Å². The van der Waals surface area contributed by atoms with Gasteiger partial charge in [-0.15, -0.1) is 0 Å². The minimum Gasteiger partial charge on any atom is -0.393 e. The third kappa shape index (κ3) is 5.45. The number of anilines is 2. The van der Waals surface area contributed by atoms with Crippen LogP contribution >= 0.6 is 0 Å². The van der Waals surface area contributed by atoms with Crippen molar-refractivity contribution in [2.24, 2.45) is 29.1 Å². The summed E-state index contributed by atoms with van der Waals surface area (Å²) in [7, 11) is 0. The molecule has 1 aromatic heterocycles. The van der Waals surface area contributed by atoms with Crippen molar-refractivity contribution in [3.05, 3.63) is 47.2 Å². The summed E-state index contributed by atoms with van der Waals surface area (Å²) in [4.78, 5) is 9.24. The van der Waals surface area contributed by atoms with Crippen molar-refractivity contribution in [1.82, 2.24) is 15.3 Å². The Kier molecular flexibility index (Phi) is 7.18. The summed E-state index contributed by atoms with van der Waals surface area (Å²) in [6.45, 7) is 2.70. The molecule has 0 saturated heterocycles. The lowest BCUT2D eigenvalue weighted by atomic mass is 9.48. The number of aliphatic hydroxyl groups is 1. The van der Waals surface area contributed by atoms with Crippen LogP contribution in [-0.2, 0) is 6.54 Å². The third-order valence-corrected chi connectivity index (χ3v) is 10.9. The van der Waals surface area contributed by atoms with Crippen molar-refractivity contribution < 1.29 is 5.11 Å². The number of hydrogen-bond donors (Lipinski definition) is 4. The summed E-state index contributed by atoms with van der Waals surface area (Å²) in [5.74, 6) is 5.03. The molecule has 6 aliphatic carbocycles. The van der Waals surface area contributed by atoms with Crippen LogP contribution in [0.3, 0.4) is 0 Å². The second-order valence-electron chi connectivity index (χ2n) is 13.8. The molecule has 7 nitrogen and oxygen atoms in total. The van der Waals surface area contributed by atoms with Crippen molar-refractivity contribution in [3.8, 4) is 6.07 Å². The van der Waals surface area contributed by atoms with Crippen molar-refractivity contribution >= 4 is 11.8 Å². The van der Waals surface area contributed by atoms with E-state index in [0.717, 1.165) is 62.4 Å². The van der Waals surface area contributed by atoms with Gasteiger partial charge in [-0.1, -0.05) is 24.3 Å². The first-order chi connectivity index (χ1) is 19.6. The first kappa shape index (κ1) is 26.2. The van der Waals surface area contributed by atoms with E-state index in [0.29, 0.717) is 41.2 Å². The molecule has 1 aromatic carbocycles. The van der Waals surface area contributed by atoms with Gasteiger partial charge in [0.1, 0.15) is 17.5 Å². The molecule has 40 heavy (non-hydrogen) atoms. The van der Waals surface area contributed by atoms with Crippen LogP contribution < -0.4 is 16.0 Å². The van der Waals surface area contributed by atoms with Crippen LogP contribution in [0.4, 0.5) is 11.8 Å². The van der Waals surface area contributed by atoms with Crippen LogP contribution in [0.2, 0.25) is 0 Å². The lowest BCUT2D eigenvalue weighted by Crippen LogP contribution is -2.60. The van der Waals surface area contributed by atoms with Crippen LogP contribution in [0.5, 0.6) is 0 Å². The molecule has 6 fully saturated rings. The Balaban J connectivity index is 0.983. The highest BCUT2D eigenvalue weighted by molar-refractivity contribution is 5.53. The summed E-state index contributed by atoms with van der Waals surface area (Å²) in [5, 5.41) is 30.8. The smallest absolute Gasteiger partial charge is 0.224 e. The molecule has 6 aliphatic rings. The molecular weight excluding hydrogens is 496 g/mol. The SMILES string of the molecule is N#Cc1cnc(NCc2ccccc2C2CC2)nc1NC[C@]12CC3C[C@H](C1)[C@@H](NC[C@H]1CC[C@H](O)CC1)[C@@H](C3)C2. The summed E-state index contributed by atoms with van der Waals surface area (Å²) >= 11 is 0. The quantitative estimate of drug-likeness (QED) is 0.311. The zero-order valence-electron chi connectivity index (χ0n) is 23.6. The third-order valence-electron chi connectivity index (χ3n) is 10.9. The number of hydrogen-bond acceptors (Lipinski definition) is 7. The van der Waals surface area contributed by atoms with Crippen LogP contribution in [0.25, 0.3) is 0 Å². The van der Waals surface area contributed by atoms with Gasteiger partial charge in [-0.05, 0) is 123 Å². The molecule has 2 aromatic rings. The Labute approximate surface area is 238 Å². The first-order valence-electron chi connectivity index (χ1n) is 15.8. The standard InChI is InChI=1S/C33H44N6O/c34-16-27-19-37-32(36-18-24-3-1-2-4-29(24)23-7-8-23)39-31(27)38-20-33-13-22-11-25(14-33)30(26(12-22)15-33)35-17-21-5-9-28(40)10-6-21/h1-4,19,21-23,25-26,28,30,35,40H,5-15,17-18,20H2,(H2,36,37,38,39)/t21-,22?,25-,26+,28-,30-,33-. The maximum Gasteiger partial charge on any atom is 0.224 e. The highest BCUT2D eigenvalue weighted by atomic mass is 16.3. The lowest BCUT2D eigenvalue weighted by molar-refractivity contribution is -0.0704. The van der Waals surface area contributed by atoms with Crippen molar-refractivity contribution in [3.63, 3.8) is 0 Å². The molecule has 0 spiro atoms. The Morgan fingerprint density at radius 3 is 2.50 bits per heavy atom. The van der Waals surface area contributed by atoms with E-state index in [1.807, 2.05) is 0 Å². The van der Waals surface area contributed by atoms with E-state index in [-0.39, 0.29) is 6.10 Å². The van der Waals surface area contributed by atoms with Gasteiger partial charge in [0.15, 0.2) is 0 Å². The maximum atomic E-state index is 9.87. The van der Waals surface area contributed by atoms with Crippen molar-refractivity contribution in [2.45, 2.75) is 95.2 Å². The number of nitrogens with zero attached hydrogens (tertiary/aromatic N) is 3. The van der Waals surface area contributed by atoms with E-state index >= 15 is 0 Å². The van der Waals surface area contributed by atoms with Gasteiger partial charge >= 0.3 is 0 Å². The molecule has 5 atom stereocenters. The molecule has 0 aliphatic heterocycles. The van der Waals surface area contributed by atoms with Gasteiger partial charge in [-0.2, -0.15) is 10.2 Å². The topological polar surface area (TPSA) is 106 Å². The number of nitriles is 1. The van der Waals surface area contributed by atoms with Crippen LogP contribution in [0.1, 0.15) is 93.2 Å². The highest BCUT2D eigenvalue weighted by Crippen LogP contribution is 2.60. The van der Waals surface area contributed by atoms with Gasteiger partial charge in [-0.25, -0.2) is 4.98 Å². The predicted octanol–water partition coefficient (Wildman–Crippen LogP) is 5.59. The van der Waals surface area contributed by atoms with Crippen molar-refractivity contribution in [2.75, 3.05) is 23.7 Å². The second kappa shape index (κ2) is 10.9. The van der Waals surface area contributed by atoms with E-state index < -0.39 is 0 Å². The van der Waals surface area contributed by atoms with Crippen LogP contribution in [-0.4, -0.2) is 40.3 Å². The Morgan fingerprint density at radius 2 is 1.75 bits per heavy atom. The Morgan fingerprint density at radius 1 is 0.975 bits per heavy atom. The second-order valence-corrected chi connectivity index (χ2v) is 13.8. The Bertz CT molecular complexity index is 1230. The van der Waals surface area contributed by atoms with E-state index in [2.05, 4.69) is 51.3 Å². The zero-order chi connectivity index (χ0) is 27.1. The molecule has 4 N–H and O–H groups in total. The monoisotopic (exact) mass is 540 g/mol. The summed E-state index contributed by atoms with van der Waals surface area (Å²) in [6, 6.07) is 11.6. The van der Waals surface area contributed by atoms with Crippen LogP contribution in [0, 0.1) is 40.4 Å². The average molecular weight is 541 g/mol. The molecule has 212 valence electrons. The summed E-state index contributed by atoms with van der Waals surface area (Å²) in [6.07, 6.45) is 15.0. The molecular formula is C33H44N6O. The fourth-order valence-electron chi connectivity index (χ4n) is 9.01. The zero-order valence-corrected chi connectivity index (χ0v) is 23.6. The number of aliphatic hydroxyl groups excluding tert-OH is 1. The van der Waals surface area contributed by atoms with E-state index in [9.17, 15) is 10.4 Å². The molecule has 0 amide bonds. The maximum absolute atomic E-state index is 9.87. The van der Waals surface area contributed by atoms with Crippen molar-refractivity contribution in [1.29, 1.82) is 5.26 Å². The van der Waals surface area contributed by atoms with Gasteiger partial charge in [0.05, 0.1) is 12.3 Å². The average Bonchev–Trinajstić information content (AvgIpc) is 3.81. The van der Waals surface area contributed by atoms with Gasteiger partial charge in [0, 0.05) is 19.1 Å². The van der Waals surface area contributed by atoms with Gasteiger partial charge < -0.3 is 21.1 Å². The minimum atomic E-state index is -0.0721. The lowest BCUT2D eigenvalue weighted by Gasteiger charge is -2.60. The largest absolute Gasteiger partial charge is 0.393 e. The number of benzene rings is 1. The predicted molar refractivity (Wildman–Crippen MR) is 157 cm³/mol. The molecule has 0 radical (unpaired) electrons. The van der Waals surface area contributed by atoms with E-state index in [4.69, 9.17) is 4.98 Å². The molecule has 6 saturated carbocycles. The van der Waals surface area contributed by atoms with E-state index in [1.54, 1.807) is 6.20 Å². The summed E-state index contributed by atoms with van der Waals surface area (Å²) in [5.41, 5.74) is 3.57. The fourth-order valence-corrected chi connectivity index (χ4v) is 9.01. The fraction of sp³-hybridized carbons (Fsp3) is 0.667. The van der Waals surface area contributed by atoms with Gasteiger partial charge in [0.25, 0.3) is 0 Å². The normalized spacial score (nSPS) is 34.4. The van der Waals surface area contributed by atoms with Gasteiger partial charge in [-0.3, -0.25) is 0 Å². The number of rotatable bonds is 10. The number of aromatic nitrogens is 2. The Hall–Kier alpha value is -2.69. The minimum absolute atomic E-state index is 0.0721. The first-order valence-corrected chi connectivity index (χ1v) is 15.8. The van der Waals surface area contributed by atoms with Crippen LogP contribution in [0.15, 0.2) is 30.5 Å². The molecule has 4 bridgehead atoms. The molecule has 7 heteroatoms. The number of nitrogens with one attached hydrogen (secondary N) is 3. The highest BCUT2D eigenvalue weighted by Gasteiger charge is 2.55. The molecule has 8 rings (SSSR count). The summed E-state index contributed by atoms with van der Waals surface area (Å²) < 4.78 is 0. The van der Waals surface area contributed by atoms with E-state index in [1.165, 1.54) is 56.1 Å².